The van der Waals surface area contributed by atoms with Gasteiger partial charge in [0.2, 0.25) is 0 Å². The first-order valence-electron chi connectivity index (χ1n) is 4.34. The standard InChI is InChI=1S/C6H12O.C4H8O/c1-5(2)4-6(3)7;1-4(2)3-5/h5H,4H2,1-3H3;3-4H,1-2H3. The van der Waals surface area contributed by atoms with Crippen LogP contribution >= 0.6 is 0 Å². The van der Waals surface area contributed by atoms with Crippen LogP contribution in [-0.4, -0.2) is 12.1 Å². The maximum atomic E-state index is 10.3. The third-order valence-electron chi connectivity index (χ3n) is 0.968. The molecule has 72 valence electrons. The van der Waals surface area contributed by atoms with E-state index in [-0.39, 0.29) is 11.7 Å². The third kappa shape index (κ3) is 22.8. The predicted octanol–water partition coefficient (Wildman–Crippen LogP) is 2.46. The van der Waals surface area contributed by atoms with E-state index in [4.69, 9.17) is 0 Å². The molecule has 0 saturated heterocycles. The number of rotatable bonds is 3. The fourth-order valence-electron chi connectivity index (χ4n) is 0.575. The maximum Gasteiger partial charge on any atom is 0.130 e. The molecule has 0 radical (unpaired) electrons. The molecule has 0 aliphatic carbocycles. The van der Waals surface area contributed by atoms with Gasteiger partial charge in [-0.25, -0.2) is 0 Å². The Hall–Kier alpha value is -0.660. The number of carbonyl (C=O) groups excluding carboxylic acids is 2. The first-order valence-corrected chi connectivity index (χ1v) is 4.34. The molecule has 0 N–H and O–H groups in total. The Balaban J connectivity index is 0. The van der Waals surface area contributed by atoms with Crippen molar-refractivity contribution >= 4 is 12.1 Å². The fourth-order valence-corrected chi connectivity index (χ4v) is 0.575. The number of Topliss-reactive ketones (excluding diaryl/α,β-unsaturated/α-hetero) is 1. The average Bonchev–Trinajstić information content (AvgIpc) is 1.85. The molecule has 0 aromatic rings. The lowest BCUT2D eigenvalue weighted by molar-refractivity contribution is -0.117. The van der Waals surface area contributed by atoms with Gasteiger partial charge in [0.15, 0.2) is 0 Å². The molecule has 0 amide bonds. The fraction of sp³-hybridized carbons (Fsp3) is 0.800. The van der Waals surface area contributed by atoms with Gasteiger partial charge in [-0.05, 0) is 12.8 Å². The van der Waals surface area contributed by atoms with Crippen molar-refractivity contribution in [1.82, 2.24) is 0 Å². The van der Waals surface area contributed by atoms with Crippen LogP contribution in [0.15, 0.2) is 0 Å². The Bertz CT molecular complexity index is 126. The van der Waals surface area contributed by atoms with Crippen molar-refractivity contribution in [3.05, 3.63) is 0 Å². The molecule has 0 unspecified atom stereocenters. The number of aldehydes is 1. The van der Waals surface area contributed by atoms with Crippen LogP contribution in [0.3, 0.4) is 0 Å². The molecule has 2 nitrogen and oxygen atoms in total. The average molecular weight is 172 g/mol. The molecule has 0 aliphatic rings. The molecule has 0 atom stereocenters. The number of hydrogen-bond donors (Lipinski definition) is 0. The summed E-state index contributed by atoms with van der Waals surface area (Å²) in [6.07, 6.45) is 1.64. The van der Waals surface area contributed by atoms with Crippen molar-refractivity contribution in [3.63, 3.8) is 0 Å². The van der Waals surface area contributed by atoms with Crippen LogP contribution in [0.4, 0.5) is 0 Å². The number of carbonyl (C=O) groups is 2. The highest BCUT2D eigenvalue weighted by atomic mass is 16.1. The molecule has 0 spiro atoms. The zero-order chi connectivity index (χ0) is 10.1. The minimum absolute atomic E-state index is 0.204. The summed E-state index contributed by atoms with van der Waals surface area (Å²) in [5.41, 5.74) is 0. The van der Waals surface area contributed by atoms with Gasteiger partial charge in [0.05, 0.1) is 0 Å². The van der Waals surface area contributed by atoms with Gasteiger partial charge in [0.1, 0.15) is 12.1 Å². The van der Waals surface area contributed by atoms with E-state index >= 15 is 0 Å². The minimum Gasteiger partial charge on any atom is -0.303 e. The van der Waals surface area contributed by atoms with Gasteiger partial charge >= 0.3 is 0 Å². The Labute approximate surface area is 75.4 Å². The van der Waals surface area contributed by atoms with Crippen molar-refractivity contribution in [1.29, 1.82) is 0 Å². The normalized spacial score (nSPS) is 9.25. The van der Waals surface area contributed by atoms with Crippen molar-refractivity contribution in [3.8, 4) is 0 Å². The molecule has 2 heteroatoms. The van der Waals surface area contributed by atoms with E-state index in [0.717, 1.165) is 12.7 Å². The molecular formula is C10H20O2. The van der Waals surface area contributed by atoms with E-state index in [9.17, 15) is 9.59 Å². The van der Waals surface area contributed by atoms with Gasteiger partial charge in [-0.1, -0.05) is 27.7 Å². The summed E-state index contributed by atoms with van der Waals surface area (Å²) in [5.74, 6) is 1.02. The lowest BCUT2D eigenvalue weighted by atomic mass is 10.1. The zero-order valence-electron chi connectivity index (χ0n) is 8.76. The summed E-state index contributed by atoms with van der Waals surface area (Å²) in [4.78, 5) is 19.8. The monoisotopic (exact) mass is 172 g/mol. The smallest absolute Gasteiger partial charge is 0.130 e. The largest absolute Gasteiger partial charge is 0.303 e. The number of hydrogen-bond acceptors (Lipinski definition) is 2. The van der Waals surface area contributed by atoms with Crippen LogP contribution < -0.4 is 0 Å². The topological polar surface area (TPSA) is 34.1 Å². The van der Waals surface area contributed by atoms with Crippen molar-refractivity contribution < 1.29 is 9.59 Å². The SMILES string of the molecule is CC(=O)CC(C)C.CC(C)C=O. The Morgan fingerprint density at radius 1 is 1.25 bits per heavy atom. The molecule has 0 rings (SSSR count). The quantitative estimate of drug-likeness (QED) is 0.613. The van der Waals surface area contributed by atoms with Crippen molar-refractivity contribution in [2.45, 2.75) is 41.0 Å². The van der Waals surface area contributed by atoms with Gasteiger partial charge in [-0.2, -0.15) is 0 Å². The maximum absolute atomic E-state index is 10.3. The summed E-state index contributed by atoms with van der Waals surface area (Å²) in [5, 5.41) is 0. The van der Waals surface area contributed by atoms with E-state index in [1.165, 1.54) is 0 Å². The molecule has 0 heterocycles. The molecule has 0 aromatic carbocycles. The van der Waals surface area contributed by atoms with Crippen LogP contribution in [0, 0.1) is 11.8 Å². The van der Waals surface area contributed by atoms with Gasteiger partial charge < -0.3 is 9.59 Å². The summed E-state index contributed by atoms with van der Waals surface area (Å²) in [6, 6.07) is 0. The summed E-state index contributed by atoms with van der Waals surface area (Å²) < 4.78 is 0. The summed E-state index contributed by atoms with van der Waals surface area (Å²) in [7, 11) is 0. The first kappa shape index (κ1) is 13.9. The van der Waals surface area contributed by atoms with Crippen LogP contribution in [0.5, 0.6) is 0 Å². The van der Waals surface area contributed by atoms with Crippen molar-refractivity contribution in [2.75, 3.05) is 0 Å². The van der Waals surface area contributed by atoms with Crippen LogP contribution in [0.1, 0.15) is 41.0 Å². The Kier molecular flexibility index (Phi) is 9.77. The lowest BCUT2D eigenvalue weighted by Gasteiger charge is -1.95. The third-order valence-corrected chi connectivity index (χ3v) is 0.968. The lowest BCUT2D eigenvalue weighted by Crippen LogP contribution is -1.95. The van der Waals surface area contributed by atoms with Crippen LogP contribution in [0.2, 0.25) is 0 Å². The summed E-state index contributed by atoms with van der Waals surface area (Å²) >= 11 is 0. The Morgan fingerprint density at radius 2 is 1.58 bits per heavy atom. The molecule has 12 heavy (non-hydrogen) atoms. The van der Waals surface area contributed by atoms with Gasteiger partial charge in [0.25, 0.3) is 0 Å². The molecule has 0 fully saturated rings. The van der Waals surface area contributed by atoms with E-state index in [2.05, 4.69) is 0 Å². The second-order valence-corrected chi connectivity index (χ2v) is 3.68. The van der Waals surface area contributed by atoms with Crippen molar-refractivity contribution in [2.24, 2.45) is 11.8 Å². The molecular weight excluding hydrogens is 152 g/mol. The van der Waals surface area contributed by atoms with E-state index in [0.29, 0.717) is 5.92 Å². The van der Waals surface area contributed by atoms with Crippen LogP contribution in [-0.2, 0) is 9.59 Å². The highest BCUT2D eigenvalue weighted by Gasteiger charge is 1.95. The first-order chi connectivity index (χ1) is 5.40. The zero-order valence-corrected chi connectivity index (χ0v) is 8.76. The second kappa shape index (κ2) is 8.44. The molecule has 0 aliphatic heterocycles. The molecule has 0 saturated carbocycles. The van der Waals surface area contributed by atoms with E-state index < -0.39 is 0 Å². The highest BCUT2D eigenvalue weighted by Crippen LogP contribution is 1.97. The van der Waals surface area contributed by atoms with E-state index in [1.54, 1.807) is 6.92 Å². The highest BCUT2D eigenvalue weighted by molar-refractivity contribution is 5.75. The van der Waals surface area contributed by atoms with E-state index in [1.807, 2.05) is 27.7 Å². The van der Waals surface area contributed by atoms with Gasteiger partial charge in [0, 0.05) is 12.3 Å². The molecule has 0 bridgehead atoms. The van der Waals surface area contributed by atoms with Crippen LogP contribution in [0.25, 0.3) is 0 Å². The molecule has 0 aromatic heterocycles. The summed E-state index contributed by atoms with van der Waals surface area (Å²) in [6.45, 7) is 9.42. The number of ketones is 1. The predicted molar refractivity (Wildman–Crippen MR) is 51.0 cm³/mol. The second-order valence-electron chi connectivity index (χ2n) is 3.68. The van der Waals surface area contributed by atoms with Gasteiger partial charge in [-0.15, -0.1) is 0 Å². The van der Waals surface area contributed by atoms with Gasteiger partial charge in [-0.3, -0.25) is 0 Å². The minimum atomic E-state index is 0.204. The Morgan fingerprint density at radius 3 is 1.58 bits per heavy atom.